The van der Waals surface area contributed by atoms with E-state index in [9.17, 15) is 9.18 Å². The molecule has 1 saturated carbocycles. The zero-order chi connectivity index (χ0) is 19.7. The molecule has 4 rings (SSSR count). The van der Waals surface area contributed by atoms with E-state index in [2.05, 4.69) is 23.9 Å². The number of nitrogens with zero attached hydrogens (tertiary/aromatic N) is 3. The highest BCUT2D eigenvalue weighted by Crippen LogP contribution is 2.39. The van der Waals surface area contributed by atoms with Crippen LogP contribution in [0.4, 0.5) is 4.39 Å². The highest BCUT2D eigenvalue weighted by atomic mass is 19.1. The van der Waals surface area contributed by atoms with Crippen LogP contribution in [0.1, 0.15) is 60.8 Å². The first-order chi connectivity index (χ1) is 13.5. The van der Waals surface area contributed by atoms with E-state index in [-0.39, 0.29) is 17.8 Å². The monoisotopic (exact) mass is 385 g/mol. The van der Waals surface area contributed by atoms with Crippen molar-refractivity contribution in [2.75, 3.05) is 19.6 Å². The minimum Gasteiger partial charge on any atom is -0.351 e. The molecule has 0 bridgehead atoms. The number of carbonyl (C=O) groups is 1. The van der Waals surface area contributed by atoms with Gasteiger partial charge in [0.05, 0.1) is 5.69 Å². The van der Waals surface area contributed by atoms with E-state index in [0.717, 1.165) is 43.6 Å². The molecular formula is C22H28FN3O2. The molecule has 1 aromatic heterocycles. The summed E-state index contributed by atoms with van der Waals surface area (Å²) >= 11 is 0. The van der Waals surface area contributed by atoms with E-state index < -0.39 is 0 Å². The average molecular weight is 385 g/mol. The summed E-state index contributed by atoms with van der Waals surface area (Å²) in [6.07, 6.45) is 3.18. The lowest BCUT2D eigenvalue weighted by molar-refractivity contribution is 0.0662. The first-order valence-electron chi connectivity index (χ1n) is 10.3. The number of carbonyl (C=O) groups excluding carboxylic acids is 1. The van der Waals surface area contributed by atoms with Gasteiger partial charge in [-0.2, -0.15) is 0 Å². The van der Waals surface area contributed by atoms with Crippen molar-refractivity contribution in [2.45, 2.75) is 51.6 Å². The maximum absolute atomic E-state index is 13.2. The van der Waals surface area contributed by atoms with Crippen molar-refractivity contribution in [1.82, 2.24) is 15.0 Å². The van der Waals surface area contributed by atoms with Gasteiger partial charge in [0, 0.05) is 44.2 Å². The molecular weight excluding hydrogens is 357 g/mol. The molecule has 28 heavy (non-hydrogen) atoms. The summed E-state index contributed by atoms with van der Waals surface area (Å²) in [6.45, 7) is 7.43. The first-order valence-corrected chi connectivity index (χ1v) is 10.3. The zero-order valence-electron chi connectivity index (χ0n) is 16.6. The van der Waals surface area contributed by atoms with Crippen LogP contribution in [0.3, 0.4) is 0 Å². The number of hydrogen-bond donors (Lipinski definition) is 0. The van der Waals surface area contributed by atoms with Gasteiger partial charge >= 0.3 is 0 Å². The standard InChI is InChI=1S/C22H28FN3O2/c1-15(2)20-14-26(22(27)21-12-19(24-28-21)17-6-7-17)11-3-10-25(20)13-16-4-8-18(23)9-5-16/h4-5,8-9,12,15,17,20H,3,6-7,10-11,13-14H2,1-2H3. The van der Waals surface area contributed by atoms with Crippen molar-refractivity contribution >= 4 is 5.91 Å². The largest absolute Gasteiger partial charge is 0.351 e. The Kier molecular flexibility index (Phi) is 5.49. The Hall–Kier alpha value is -2.21. The van der Waals surface area contributed by atoms with Crippen molar-refractivity contribution in [2.24, 2.45) is 5.92 Å². The number of aromatic nitrogens is 1. The van der Waals surface area contributed by atoms with Gasteiger partial charge in [0.25, 0.3) is 5.91 Å². The zero-order valence-corrected chi connectivity index (χ0v) is 16.6. The number of rotatable bonds is 5. The molecule has 1 saturated heterocycles. The highest BCUT2D eigenvalue weighted by molar-refractivity contribution is 5.91. The Morgan fingerprint density at radius 3 is 2.68 bits per heavy atom. The van der Waals surface area contributed by atoms with E-state index in [1.165, 1.54) is 12.1 Å². The lowest BCUT2D eigenvalue weighted by Crippen LogP contribution is -2.45. The number of halogens is 1. The van der Waals surface area contributed by atoms with Gasteiger partial charge in [-0.25, -0.2) is 4.39 Å². The van der Waals surface area contributed by atoms with Gasteiger partial charge in [0.2, 0.25) is 5.76 Å². The smallest absolute Gasteiger partial charge is 0.292 e. The molecule has 1 unspecified atom stereocenters. The molecule has 1 aliphatic heterocycles. The molecule has 1 atom stereocenters. The predicted molar refractivity (Wildman–Crippen MR) is 104 cm³/mol. The summed E-state index contributed by atoms with van der Waals surface area (Å²) in [5.74, 6) is 0.953. The van der Waals surface area contributed by atoms with E-state index in [0.29, 0.717) is 30.7 Å². The second-order valence-corrected chi connectivity index (χ2v) is 8.40. The van der Waals surface area contributed by atoms with Gasteiger partial charge in [-0.1, -0.05) is 31.1 Å². The Labute approximate surface area is 165 Å². The maximum Gasteiger partial charge on any atom is 0.292 e. The van der Waals surface area contributed by atoms with E-state index in [4.69, 9.17) is 4.52 Å². The fourth-order valence-electron chi connectivity index (χ4n) is 4.02. The molecule has 1 aromatic carbocycles. The number of hydrogen-bond acceptors (Lipinski definition) is 4. The Morgan fingerprint density at radius 1 is 1.25 bits per heavy atom. The van der Waals surface area contributed by atoms with Crippen LogP contribution in [0.5, 0.6) is 0 Å². The van der Waals surface area contributed by atoms with Crippen molar-refractivity contribution in [3.8, 4) is 0 Å². The van der Waals surface area contributed by atoms with Gasteiger partial charge in [-0.15, -0.1) is 0 Å². The van der Waals surface area contributed by atoms with Gasteiger partial charge < -0.3 is 9.42 Å². The SMILES string of the molecule is CC(C)C1CN(C(=O)c2cc(C3CC3)no2)CCCN1Cc1ccc(F)cc1. The van der Waals surface area contributed by atoms with Crippen LogP contribution in [-0.4, -0.2) is 46.5 Å². The molecule has 5 nitrogen and oxygen atoms in total. The van der Waals surface area contributed by atoms with Crippen LogP contribution in [0.2, 0.25) is 0 Å². The lowest BCUT2D eigenvalue weighted by atomic mass is 10.0. The molecule has 6 heteroatoms. The molecule has 0 N–H and O–H groups in total. The third kappa shape index (κ3) is 4.27. The van der Waals surface area contributed by atoms with Crippen LogP contribution in [0.15, 0.2) is 34.9 Å². The Balaban J connectivity index is 1.47. The van der Waals surface area contributed by atoms with E-state index >= 15 is 0 Å². The number of amides is 1. The summed E-state index contributed by atoms with van der Waals surface area (Å²) in [7, 11) is 0. The van der Waals surface area contributed by atoms with Crippen LogP contribution in [0.25, 0.3) is 0 Å². The van der Waals surface area contributed by atoms with Crippen molar-refractivity contribution in [3.05, 3.63) is 53.2 Å². The maximum atomic E-state index is 13.2. The minimum atomic E-state index is -0.213. The Morgan fingerprint density at radius 2 is 2.00 bits per heavy atom. The van der Waals surface area contributed by atoms with Crippen LogP contribution in [0, 0.1) is 11.7 Å². The van der Waals surface area contributed by atoms with Crippen LogP contribution < -0.4 is 0 Å². The van der Waals surface area contributed by atoms with E-state index in [1.54, 1.807) is 0 Å². The normalized spacial score (nSPS) is 21.1. The molecule has 0 radical (unpaired) electrons. The van der Waals surface area contributed by atoms with Gasteiger partial charge in [0.1, 0.15) is 5.82 Å². The molecule has 2 aromatic rings. The van der Waals surface area contributed by atoms with E-state index in [1.807, 2.05) is 23.1 Å². The predicted octanol–water partition coefficient (Wildman–Crippen LogP) is 4.06. The fourth-order valence-corrected chi connectivity index (χ4v) is 4.02. The summed E-state index contributed by atoms with van der Waals surface area (Å²) in [4.78, 5) is 17.3. The topological polar surface area (TPSA) is 49.6 Å². The molecule has 1 aliphatic carbocycles. The lowest BCUT2D eigenvalue weighted by Gasteiger charge is -2.34. The van der Waals surface area contributed by atoms with Crippen LogP contribution >= 0.6 is 0 Å². The average Bonchev–Trinajstić information content (AvgIpc) is 3.45. The quantitative estimate of drug-likeness (QED) is 0.779. The summed E-state index contributed by atoms with van der Waals surface area (Å²) < 4.78 is 18.6. The second-order valence-electron chi connectivity index (χ2n) is 8.40. The number of benzene rings is 1. The van der Waals surface area contributed by atoms with Gasteiger partial charge in [0.15, 0.2) is 0 Å². The fraction of sp³-hybridized carbons (Fsp3) is 0.545. The Bertz CT molecular complexity index is 813. The molecule has 0 spiro atoms. The first kappa shape index (κ1) is 19.1. The summed E-state index contributed by atoms with van der Waals surface area (Å²) in [6, 6.07) is 8.76. The molecule has 2 heterocycles. The minimum absolute atomic E-state index is 0.0614. The van der Waals surface area contributed by atoms with Crippen molar-refractivity contribution in [1.29, 1.82) is 0 Å². The summed E-state index contributed by atoms with van der Waals surface area (Å²) in [5, 5.41) is 4.09. The van der Waals surface area contributed by atoms with Crippen molar-refractivity contribution in [3.63, 3.8) is 0 Å². The molecule has 1 amide bonds. The molecule has 2 aliphatic rings. The molecule has 2 fully saturated rings. The van der Waals surface area contributed by atoms with Gasteiger partial charge in [-0.3, -0.25) is 9.69 Å². The highest BCUT2D eigenvalue weighted by Gasteiger charge is 2.33. The van der Waals surface area contributed by atoms with Crippen LogP contribution in [-0.2, 0) is 6.54 Å². The van der Waals surface area contributed by atoms with Gasteiger partial charge in [-0.05, 0) is 42.9 Å². The van der Waals surface area contributed by atoms with Crippen molar-refractivity contribution < 1.29 is 13.7 Å². The summed E-state index contributed by atoms with van der Waals surface area (Å²) in [5.41, 5.74) is 2.01. The molecule has 150 valence electrons. The third-order valence-electron chi connectivity index (χ3n) is 5.84. The third-order valence-corrected chi connectivity index (χ3v) is 5.84. The second kappa shape index (κ2) is 8.03.